The Morgan fingerprint density at radius 2 is 2.04 bits per heavy atom. The number of benzene rings is 1. The van der Waals surface area contributed by atoms with Crippen molar-refractivity contribution >= 4 is 23.7 Å². The molecule has 0 unspecified atom stereocenters. The Balaban J connectivity index is 1.46. The first-order valence-electron chi connectivity index (χ1n) is 8.47. The van der Waals surface area contributed by atoms with Gasteiger partial charge in [0.15, 0.2) is 0 Å². The molecule has 0 radical (unpaired) electrons. The van der Waals surface area contributed by atoms with Gasteiger partial charge < -0.3 is 9.88 Å². The van der Waals surface area contributed by atoms with E-state index >= 15 is 0 Å². The maximum atomic E-state index is 12.0. The second kappa shape index (κ2) is 7.75. The summed E-state index contributed by atoms with van der Waals surface area (Å²) >= 11 is 1.75. The monoisotopic (exact) mass is 340 g/mol. The van der Waals surface area contributed by atoms with Crippen molar-refractivity contribution < 1.29 is 4.79 Å². The van der Waals surface area contributed by atoms with Crippen LogP contribution in [0.3, 0.4) is 0 Å². The van der Waals surface area contributed by atoms with Gasteiger partial charge >= 0.3 is 0 Å². The first-order valence-corrected chi connectivity index (χ1v) is 9.46. The molecule has 1 aliphatic rings. The topological polar surface area (TPSA) is 34.0 Å². The summed E-state index contributed by atoms with van der Waals surface area (Å²) in [5.74, 6) is 0.847. The summed E-state index contributed by atoms with van der Waals surface area (Å²) in [6.45, 7) is 4.95. The lowest BCUT2D eigenvalue weighted by atomic mass is 10.2. The summed E-state index contributed by atoms with van der Waals surface area (Å²) in [6.07, 6.45) is 6.13. The Kier molecular flexibility index (Phi) is 5.46. The number of thioether (sulfide) groups is 1. The third-order valence-electron chi connectivity index (χ3n) is 4.26. The highest BCUT2D eigenvalue weighted by Gasteiger charge is 2.26. The van der Waals surface area contributed by atoms with Gasteiger partial charge in [0.25, 0.3) is 0 Å². The van der Waals surface area contributed by atoms with Crippen molar-refractivity contribution in [2.45, 2.75) is 37.6 Å². The second-order valence-corrected chi connectivity index (χ2v) is 7.38. The summed E-state index contributed by atoms with van der Waals surface area (Å²) in [6, 6.07) is 13.1. The molecule has 0 spiro atoms. The lowest BCUT2D eigenvalue weighted by Gasteiger charge is -2.06. The molecule has 24 heavy (non-hydrogen) atoms. The van der Waals surface area contributed by atoms with Crippen LogP contribution in [0.2, 0.25) is 0 Å². The molecule has 1 aromatic carbocycles. The molecule has 3 rings (SSSR count). The molecule has 1 fully saturated rings. The van der Waals surface area contributed by atoms with Gasteiger partial charge in [-0.25, -0.2) is 0 Å². The van der Waals surface area contributed by atoms with E-state index in [0.29, 0.717) is 12.6 Å². The normalized spacial score (nSPS) is 14.2. The number of aryl methyl sites for hydroxylation is 1. The quantitative estimate of drug-likeness (QED) is 0.461. The summed E-state index contributed by atoms with van der Waals surface area (Å²) in [7, 11) is 0. The minimum absolute atomic E-state index is 0.0279. The van der Waals surface area contributed by atoms with Crippen LogP contribution in [-0.2, 0) is 4.79 Å². The zero-order chi connectivity index (χ0) is 16.9. The van der Waals surface area contributed by atoms with Gasteiger partial charge in [0.05, 0.1) is 0 Å². The highest BCUT2D eigenvalue weighted by atomic mass is 32.2. The molecule has 1 aromatic heterocycles. The average molecular weight is 340 g/mol. The van der Waals surface area contributed by atoms with E-state index in [9.17, 15) is 4.79 Å². The number of hydrogen-bond acceptors (Lipinski definition) is 2. The third kappa shape index (κ3) is 4.32. The zero-order valence-electron chi connectivity index (χ0n) is 14.3. The van der Waals surface area contributed by atoms with E-state index in [0.717, 1.165) is 11.3 Å². The minimum Gasteiger partial charge on any atom is -0.352 e. The summed E-state index contributed by atoms with van der Waals surface area (Å²) < 4.78 is 2.40. The van der Waals surface area contributed by atoms with Crippen molar-refractivity contribution in [2.24, 2.45) is 0 Å². The number of hydrogen-bond donors (Lipinski definition) is 1. The van der Waals surface area contributed by atoms with Crippen LogP contribution in [0.4, 0.5) is 0 Å². The Morgan fingerprint density at radius 1 is 1.29 bits per heavy atom. The first-order chi connectivity index (χ1) is 11.6. The Bertz CT molecular complexity index is 730. The minimum atomic E-state index is -0.0279. The average Bonchev–Trinajstić information content (AvgIpc) is 3.37. The zero-order valence-corrected chi connectivity index (χ0v) is 15.1. The van der Waals surface area contributed by atoms with E-state index in [1.54, 1.807) is 17.8 Å². The maximum absolute atomic E-state index is 12.0. The standard InChI is InChI=1S/C20H24N2OS/c1-15-14-17(16(2)22(15)18-9-10-18)8-11-20(23)21-12-13-24-19-6-4-3-5-7-19/h3-8,11,14,18H,9-10,12-13H2,1-2H3,(H,21,23)/b11-8+. The fourth-order valence-electron chi connectivity index (χ4n) is 2.95. The van der Waals surface area contributed by atoms with Crippen molar-refractivity contribution in [3.63, 3.8) is 0 Å². The van der Waals surface area contributed by atoms with Crippen molar-refractivity contribution in [2.75, 3.05) is 12.3 Å². The van der Waals surface area contributed by atoms with Crippen molar-refractivity contribution in [1.82, 2.24) is 9.88 Å². The lowest BCUT2D eigenvalue weighted by Crippen LogP contribution is -2.23. The van der Waals surface area contributed by atoms with Gasteiger partial charge in [-0.1, -0.05) is 18.2 Å². The van der Waals surface area contributed by atoms with Gasteiger partial charge in [-0.2, -0.15) is 0 Å². The van der Waals surface area contributed by atoms with Crippen LogP contribution in [0.25, 0.3) is 6.08 Å². The molecule has 4 heteroatoms. The molecule has 126 valence electrons. The predicted octanol–water partition coefficient (Wildman–Crippen LogP) is 4.36. The third-order valence-corrected chi connectivity index (χ3v) is 5.28. The highest BCUT2D eigenvalue weighted by Crippen LogP contribution is 2.38. The highest BCUT2D eigenvalue weighted by molar-refractivity contribution is 7.99. The van der Waals surface area contributed by atoms with E-state index in [-0.39, 0.29) is 5.91 Å². The van der Waals surface area contributed by atoms with Crippen molar-refractivity contribution in [3.8, 4) is 0 Å². The first kappa shape index (κ1) is 16.9. The molecule has 0 aliphatic heterocycles. The Hall–Kier alpha value is -1.94. The SMILES string of the molecule is Cc1cc(/C=C/C(=O)NCCSc2ccccc2)c(C)n1C1CC1. The van der Waals surface area contributed by atoms with Crippen LogP contribution in [0.1, 0.15) is 35.8 Å². The van der Waals surface area contributed by atoms with E-state index in [2.05, 4.69) is 41.9 Å². The predicted molar refractivity (Wildman–Crippen MR) is 101 cm³/mol. The molecule has 3 nitrogen and oxygen atoms in total. The number of nitrogens with one attached hydrogen (secondary N) is 1. The number of carbonyl (C=O) groups excluding carboxylic acids is 1. The van der Waals surface area contributed by atoms with Gasteiger partial charge in [-0.15, -0.1) is 11.8 Å². The van der Waals surface area contributed by atoms with Crippen LogP contribution in [0, 0.1) is 13.8 Å². The number of nitrogens with zero attached hydrogens (tertiary/aromatic N) is 1. The molecular weight excluding hydrogens is 316 g/mol. The number of amides is 1. The smallest absolute Gasteiger partial charge is 0.244 e. The largest absolute Gasteiger partial charge is 0.352 e. The van der Waals surface area contributed by atoms with Gasteiger partial charge in [-0.05, 0) is 56.5 Å². The molecule has 0 bridgehead atoms. The van der Waals surface area contributed by atoms with Crippen LogP contribution in [0.15, 0.2) is 47.4 Å². The van der Waals surface area contributed by atoms with Crippen LogP contribution in [-0.4, -0.2) is 22.8 Å². The molecule has 1 amide bonds. The van der Waals surface area contributed by atoms with Gasteiger partial charge in [-0.3, -0.25) is 4.79 Å². The van der Waals surface area contributed by atoms with E-state index in [4.69, 9.17) is 0 Å². The van der Waals surface area contributed by atoms with Crippen molar-refractivity contribution in [1.29, 1.82) is 0 Å². The van der Waals surface area contributed by atoms with E-state index in [1.165, 1.54) is 29.1 Å². The van der Waals surface area contributed by atoms with Crippen LogP contribution < -0.4 is 5.32 Å². The molecular formula is C20H24N2OS. The molecule has 1 N–H and O–H groups in total. The molecule has 1 heterocycles. The van der Waals surface area contributed by atoms with Crippen LogP contribution >= 0.6 is 11.8 Å². The molecule has 1 saturated carbocycles. The lowest BCUT2D eigenvalue weighted by molar-refractivity contribution is -0.116. The van der Waals surface area contributed by atoms with Gasteiger partial charge in [0.2, 0.25) is 5.91 Å². The van der Waals surface area contributed by atoms with Crippen molar-refractivity contribution in [3.05, 3.63) is 59.4 Å². The fraction of sp³-hybridized carbons (Fsp3) is 0.350. The molecule has 0 saturated heterocycles. The van der Waals surface area contributed by atoms with E-state index in [1.807, 2.05) is 24.3 Å². The summed E-state index contributed by atoms with van der Waals surface area (Å²) in [5, 5.41) is 2.95. The summed E-state index contributed by atoms with van der Waals surface area (Å²) in [4.78, 5) is 13.2. The second-order valence-electron chi connectivity index (χ2n) is 6.21. The molecule has 2 aromatic rings. The Morgan fingerprint density at radius 3 is 2.75 bits per heavy atom. The number of carbonyl (C=O) groups is 1. The Labute approximate surface area is 148 Å². The summed E-state index contributed by atoms with van der Waals surface area (Å²) in [5.41, 5.74) is 3.70. The van der Waals surface area contributed by atoms with E-state index < -0.39 is 0 Å². The number of aromatic nitrogens is 1. The molecule has 0 atom stereocenters. The maximum Gasteiger partial charge on any atom is 0.244 e. The van der Waals surface area contributed by atoms with Crippen LogP contribution in [0.5, 0.6) is 0 Å². The molecule has 1 aliphatic carbocycles. The fourth-order valence-corrected chi connectivity index (χ4v) is 3.74. The van der Waals surface area contributed by atoms with Gasteiger partial charge in [0, 0.05) is 40.7 Å². The number of rotatable bonds is 7. The van der Waals surface area contributed by atoms with Gasteiger partial charge in [0.1, 0.15) is 0 Å².